The van der Waals surface area contributed by atoms with Gasteiger partial charge in [0.15, 0.2) is 0 Å². The Hall–Kier alpha value is -1.73. The Morgan fingerprint density at radius 3 is 2.65 bits per heavy atom. The van der Waals surface area contributed by atoms with Crippen molar-refractivity contribution in [1.29, 1.82) is 0 Å². The number of carbonyl (C=O) groups is 1. The number of aryl methyl sites for hydroxylation is 1. The maximum absolute atomic E-state index is 12.1. The van der Waals surface area contributed by atoms with Crippen molar-refractivity contribution in [3.8, 4) is 0 Å². The summed E-state index contributed by atoms with van der Waals surface area (Å²) in [6.07, 6.45) is 1.88. The van der Waals surface area contributed by atoms with Crippen molar-refractivity contribution in [2.75, 3.05) is 6.54 Å². The van der Waals surface area contributed by atoms with Crippen LogP contribution in [0.4, 0.5) is 0 Å². The number of aromatic amines is 1. The van der Waals surface area contributed by atoms with Gasteiger partial charge in [-0.2, -0.15) is 0 Å². The van der Waals surface area contributed by atoms with Crippen molar-refractivity contribution in [2.24, 2.45) is 0 Å². The second kappa shape index (κ2) is 6.80. The molecule has 1 amide bonds. The predicted octanol–water partition coefficient (Wildman–Crippen LogP) is 2.46. The van der Waals surface area contributed by atoms with Crippen molar-refractivity contribution >= 4 is 28.8 Å². The van der Waals surface area contributed by atoms with E-state index in [0.29, 0.717) is 23.1 Å². The number of amides is 1. The van der Waals surface area contributed by atoms with Gasteiger partial charge in [0, 0.05) is 24.6 Å². The Balaban J connectivity index is 1.99. The number of nitrogens with one attached hydrogen (secondary N) is 2. The lowest BCUT2D eigenvalue weighted by molar-refractivity contribution is 0.0952. The topological polar surface area (TPSA) is 87.7 Å². The molecule has 0 atom stereocenters. The van der Waals surface area contributed by atoms with Crippen LogP contribution in [0.2, 0.25) is 4.34 Å². The first-order valence-electron chi connectivity index (χ1n) is 7.18. The molecule has 124 valence electrons. The van der Waals surface area contributed by atoms with E-state index >= 15 is 0 Å². The zero-order chi connectivity index (χ0) is 17.2. The van der Waals surface area contributed by atoms with Crippen LogP contribution in [0.1, 0.15) is 47.7 Å². The maximum atomic E-state index is 12.1. The van der Waals surface area contributed by atoms with Gasteiger partial charge < -0.3 is 10.3 Å². The molecule has 0 aliphatic rings. The molecule has 2 aromatic heterocycles. The number of hydrogen-bond donors (Lipinski definition) is 2. The van der Waals surface area contributed by atoms with E-state index in [0.717, 1.165) is 10.7 Å². The van der Waals surface area contributed by atoms with Crippen LogP contribution in [0.25, 0.3) is 0 Å². The second-order valence-corrected chi connectivity index (χ2v) is 7.88. The Kier molecular flexibility index (Phi) is 5.21. The zero-order valence-electron chi connectivity index (χ0n) is 13.5. The number of hydrogen-bond acceptors (Lipinski definition) is 5. The molecule has 0 saturated heterocycles. The van der Waals surface area contributed by atoms with Gasteiger partial charge in [0.1, 0.15) is 15.7 Å². The second-order valence-electron chi connectivity index (χ2n) is 6.20. The lowest BCUT2D eigenvalue weighted by atomic mass is 9.96. The van der Waals surface area contributed by atoms with Crippen LogP contribution in [0.3, 0.4) is 0 Å². The minimum atomic E-state index is -0.446. The van der Waals surface area contributed by atoms with E-state index in [1.165, 1.54) is 17.5 Å². The van der Waals surface area contributed by atoms with E-state index in [9.17, 15) is 9.59 Å². The van der Waals surface area contributed by atoms with Gasteiger partial charge in [0.25, 0.3) is 11.5 Å². The summed E-state index contributed by atoms with van der Waals surface area (Å²) in [6.45, 7) is 8.02. The van der Waals surface area contributed by atoms with Gasteiger partial charge in [-0.1, -0.05) is 32.4 Å². The summed E-state index contributed by atoms with van der Waals surface area (Å²) in [5.41, 5.74) is 0.0779. The van der Waals surface area contributed by atoms with Crippen LogP contribution in [0.15, 0.2) is 11.0 Å². The predicted molar refractivity (Wildman–Crippen MR) is 91.5 cm³/mol. The summed E-state index contributed by atoms with van der Waals surface area (Å²) < 4.78 is 0.657. The van der Waals surface area contributed by atoms with Crippen LogP contribution in [0, 0.1) is 6.92 Å². The fourth-order valence-electron chi connectivity index (χ4n) is 1.85. The van der Waals surface area contributed by atoms with Crippen LogP contribution in [-0.4, -0.2) is 27.4 Å². The lowest BCUT2D eigenvalue weighted by Gasteiger charge is -2.16. The van der Waals surface area contributed by atoms with Gasteiger partial charge in [-0.15, -0.1) is 11.3 Å². The first-order valence-corrected chi connectivity index (χ1v) is 8.37. The molecule has 23 heavy (non-hydrogen) atoms. The summed E-state index contributed by atoms with van der Waals surface area (Å²) in [6, 6.07) is 0. The summed E-state index contributed by atoms with van der Waals surface area (Å²) in [5.74, 6) is 0.102. The van der Waals surface area contributed by atoms with Gasteiger partial charge in [-0.3, -0.25) is 9.59 Å². The van der Waals surface area contributed by atoms with Crippen LogP contribution in [0.5, 0.6) is 0 Å². The fourth-order valence-corrected chi connectivity index (χ4v) is 2.95. The lowest BCUT2D eigenvalue weighted by Crippen LogP contribution is -2.33. The van der Waals surface area contributed by atoms with E-state index in [1.807, 2.05) is 27.7 Å². The number of H-pyrrole nitrogens is 1. The maximum Gasteiger partial charge on any atom is 0.263 e. The fraction of sp³-hybridized carbons (Fsp3) is 0.467. The molecule has 2 aromatic rings. The highest BCUT2D eigenvalue weighted by Gasteiger charge is 2.19. The third-order valence-corrected chi connectivity index (χ3v) is 4.67. The molecule has 2 heterocycles. The molecule has 2 N–H and O–H groups in total. The monoisotopic (exact) mass is 354 g/mol. The summed E-state index contributed by atoms with van der Waals surface area (Å²) in [5, 5.41) is 3.55. The van der Waals surface area contributed by atoms with Gasteiger partial charge >= 0.3 is 0 Å². The van der Waals surface area contributed by atoms with Gasteiger partial charge in [-0.05, 0) is 6.92 Å². The van der Waals surface area contributed by atoms with E-state index in [1.54, 1.807) is 0 Å². The Morgan fingerprint density at radius 1 is 1.43 bits per heavy atom. The molecule has 0 spiro atoms. The third-order valence-electron chi connectivity index (χ3n) is 3.16. The van der Waals surface area contributed by atoms with Crippen molar-refractivity contribution < 1.29 is 4.79 Å². The average molecular weight is 355 g/mol. The smallest absolute Gasteiger partial charge is 0.263 e. The summed E-state index contributed by atoms with van der Waals surface area (Å²) >= 11 is 7.35. The van der Waals surface area contributed by atoms with Crippen molar-refractivity contribution in [1.82, 2.24) is 20.3 Å². The summed E-state index contributed by atoms with van der Waals surface area (Å²) in [4.78, 5) is 35.2. The molecule has 0 radical (unpaired) electrons. The van der Waals surface area contributed by atoms with Crippen LogP contribution >= 0.6 is 22.9 Å². The number of carbonyl (C=O) groups excluding carboxylic acids is 1. The number of thiazole rings is 1. The quantitative estimate of drug-likeness (QED) is 0.882. The molecular formula is C15H19ClN4O2S. The highest BCUT2D eigenvalue weighted by atomic mass is 35.5. The Bertz CT molecular complexity index is 757. The largest absolute Gasteiger partial charge is 0.351 e. The molecule has 0 aromatic carbocycles. The molecule has 0 fully saturated rings. The number of aromatic nitrogens is 3. The number of halogens is 1. The number of nitrogens with zero attached hydrogens (tertiary/aromatic N) is 2. The average Bonchev–Trinajstić information content (AvgIpc) is 2.76. The standard InChI is InChI=1S/C15H19ClN4O2S/c1-8-11(16)23-10(19-8)5-6-17-12(21)9-7-18-14(15(2,3)4)20-13(9)22/h7H,5-6H2,1-4H3,(H,17,21)(H,18,20,22). The first kappa shape index (κ1) is 17.6. The van der Waals surface area contributed by atoms with E-state index in [4.69, 9.17) is 11.6 Å². The van der Waals surface area contributed by atoms with Gasteiger partial charge in [-0.25, -0.2) is 9.97 Å². The zero-order valence-corrected chi connectivity index (χ0v) is 15.1. The van der Waals surface area contributed by atoms with Gasteiger partial charge in [0.2, 0.25) is 0 Å². The normalized spacial score (nSPS) is 11.5. The molecule has 0 aliphatic heterocycles. The van der Waals surface area contributed by atoms with Crippen LogP contribution in [-0.2, 0) is 11.8 Å². The first-order chi connectivity index (χ1) is 10.7. The molecule has 2 rings (SSSR count). The Morgan fingerprint density at radius 2 is 2.13 bits per heavy atom. The molecule has 0 bridgehead atoms. The third kappa shape index (κ3) is 4.39. The molecule has 6 nitrogen and oxygen atoms in total. The van der Waals surface area contributed by atoms with E-state index in [-0.39, 0.29) is 11.0 Å². The highest BCUT2D eigenvalue weighted by molar-refractivity contribution is 7.16. The molecule has 8 heteroatoms. The highest BCUT2D eigenvalue weighted by Crippen LogP contribution is 2.23. The SMILES string of the molecule is Cc1nc(CCNC(=O)c2cnc(C(C)(C)C)[nH]c2=O)sc1Cl. The molecular weight excluding hydrogens is 336 g/mol. The molecule has 0 unspecified atom stereocenters. The summed E-state index contributed by atoms with van der Waals surface area (Å²) in [7, 11) is 0. The van der Waals surface area contributed by atoms with E-state index < -0.39 is 11.5 Å². The van der Waals surface area contributed by atoms with Crippen LogP contribution < -0.4 is 10.9 Å². The van der Waals surface area contributed by atoms with Crippen molar-refractivity contribution in [3.63, 3.8) is 0 Å². The van der Waals surface area contributed by atoms with E-state index in [2.05, 4.69) is 20.3 Å². The number of rotatable bonds is 4. The molecule has 0 aliphatic carbocycles. The molecule has 0 saturated carbocycles. The van der Waals surface area contributed by atoms with Crippen molar-refractivity contribution in [3.05, 3.63) is 43.0 Å². The minimum absolute atomic E-state index is 0.00588. The van der Waals surface area contributed by atoms with Crippen molar-refractivity contribution in [2.45, 2.75) is 39.5 Å². The Labute approximate surface area is 143 Å². The minimum Gasteiger partial charge on any atom is -0.351 e. The van der Waals surface area contributed by atoms with Gasteiger partial charge in [0.05, 0.1) is 10.7 Å².